The average Bonchev–Trinajstić information content (AvgIpc) is 2.63. The van der Waals surface area contributed by atoms with Gasteiger partial charge in [0, 0.05) is 6.54 Å². The van der Waals surface area contributed by atoms with E-state index in [-0.39, 0.29) is 5.69 Å². The van der Waals surface area contributed by atoms with E-state index in [0.717, 1.165) is 22.6 Å². The quantitative estimate of drug-likeness (QED) is 0.817. The van der Waals surface area contributed by atoms with Crippen LogP contribution in [0.4, 0.5) is 14.5 Å². The van der Waals surface area contributed by atoms with Gasteiger partial charge in [-0.3, -0.25) is 9.69 Å². The number of anilines is 1. The van der Waals surface area contributed by atoms with Gasteiger partial charge in [-0.25, -0.2) is 8.78 Å². The number of para-hydroxylation sites is 1. The van der Waals surface area contributed by atoms with Crippen molar-refractivity contribution in [2.45, 2.75) is 19.5 Å². The average molecular weight is 358 g/mol. The number of halogens is 2. The van der Waals surface area contributed by atoms with Crippen LogP contribution in [0, 0.1) is 11.6 Å². The predicted octanol–water partition coefficient (Wildman–Crippen LogP) is 3.69. The molecule has 1 heterocycles. The highest BCUT2D eigenvalue weighted by molar-refractivity contribution is 6.03. The fraction of sp³-hybridized carbons (Fsp3) is 0.250. The van der Waals surface area contributed by atoms with Crippen molar-refractivity contribution in [3.8, 4) is 0 Å². The molecular formula is C20H20F2N2O2. The van der Waals surface area contributed by atoms with E-state index in [1.807, 2.05) is 35.2 Å². The number of amides is 1. The lowest BCUT2D eigenvalue weighted by molar-refractivity contribution is -0.117. The second-order valence-corrected chi connectivity index (χ2v) is 6.03. The Morgan fingerprint density at radius 3 is 2.31 bits per heavy atom. The summed E-state index contributed by atoms with van der Waals surface area (Å²) in [5.74, 6) is -1.69. The zero-order chi connectivity index (χ0) is 18.7. The molecular weight excluding hydrogens is 338 g/mol. The van der Waals surface area contributed by atoms with Crippen molar-refractivity contribution in [1.29, 1.82) is 0 Å². The second-order valence-electron chi connectivity index (χ2n) is 6.03. The zero-order valence-corrected chi connectivity index (χ0v) is 14.7. The third-order valence-corrected chi connectivity index (χ3v) is 4.46. The van der Waals surface area contributed by atoms with E-state index >= 15 is 0 Å². The molecule has 1 amide bonds. The van der Waals surface area contributed by atoms with Crippen LogP contribution in [0.15, 0.2) is 60.5 Å². The Morgan fingerprint density at radius 1 is 1.04 bits per heavy atom. The summed E-state index contributed by atoms with van der Waals surface area (Å²) in [6.07, 6.45) is 1.36. The Balaban J connectivity index is 1.91. The summed E-state index contributed by atoms with van der Waals surface area (Å²) in [5, 5.41) is 0. The maximum atomic E-state index is 14.2. The minimum atomic E-state index is -0.775. The van der Waals surface area contributed by atoms with E-state index in [0.29, 0.717) is 18.8 Å². The smallest absolute Gasteiger partial charge is 0.258 e. The molecule has 0 aromatic heterocycles. The monoisotopic (exact) mass is 358 g/mol. The van der Waals surface area contributed by atoms with Crippen LogP contribution in [0.1, 0.15) is 12.5 Å². The Labute approximate surface area is 151 Å². The fourth-order valence-corrected chi connectivity index (χ4v) is 3.15. The van der Waals surface area contributed by atoms with Gasteiger partial charge in [-0.15, -0.1) is 0 Å². The van der Waals surface area contributed by atoms with Gasteiger partial charge in [0.2, 0.25) is 0 Å². The summed E-state index contributed by atoms with van der Waals surface area (Å²) in [6.45, 7) is 2.26. The van der Waals surface area contributed by atoms with Gasteiger partial charge in [-0.1, -0.05) is 36.4 Å². The van der Waals surface area contributed by atoms with Crippen LogP contribution in [0.5, 0.6) is 0 Å². The van der Waals surface area contributed by atoms with Gasteiger partial charge in [0.25, 0.3) is 5.91 Å². The molecule has 26 heavy (non-hydrogen) atoms. The molecule has 0 fully saturated rings. The highest BCUT2D eigenvalue weighted by Gasteiger charge is 2.35. The molecule has 0 saturated carbocycles. The number of nitrogens with zero attached hydrogens (tertiary/aromatic N) is 2. The summed E-state index contributed by atoms with van der Waals surface area (Å²) in [6, 6.07) is 13.4. The molecule has 4 nitrogen and oxygen atoms in total. The molecule has 136 valence electrons. The first kappa shape index (κ1) is 17.9. The highest BCUT2D eigenvalue weighted by Crippen LogP contribution is 2.31. The molecule has 0 aliphatic carbocycles. The normalized spacial score (nSPS) is 17.3. The number of rotatable bonds is 5. The van der Waals surface area contributed by atoms with Crippen molar-refractivity contribution < 1.29 is 18.3 Å². The largest absolute Gasteiger partial charge is 0.482 e. The van der Waals surface area contributed by atoms with Crippen molar-refractivity contribution in [2.24, 2.45) is 0 Å². The number of hydrogen-bond acceptors (Lipinski definition) is 3. The number of methoxy groups -OCH3 is 1. The van der Waals surface area contributed by atoms with Gasteiger partial charge in [-0.05, 0) is 31.0 Å². The Morgan fingerprint density at radius 2 is 1.69 bits per heavy atom. The van der Waals surface area contributed by atoms with Gasteiger partial charge in [0.1, 0.15) is 23.5 Å². The minimum Gasteiger partial charge on any atom is -0.482 e. The first-order chi connectivity index (χ1) is 12.5. The fourth-order valence-electron chi connectivity index (χ4n) is 3.15. The van der Waals surface area contributed by atoms with Crippen molar-refractivity contribution in [1.82, 2.24) is 4.90 Å². The van der Waals surface area contributed by atoms with Gasteiger partial charge in [0.05, 0.1) is 13.2 Å². The van der Waals surface area contributed by atoms with Crippen LogP contribution in [0.25, 0.3) is 0 Å². The van der Waals surface area contributed by atoms with E-state index in [1.165, 1.54) is 19.3 Å². The topological polar surface area (TPSA) is 32.8 Å². The van der Waals surface area contributed by atoms with Crippen LogP contribution >= 0.6 is 0 Å². The Hall–Kier alpha value is -2.89. The van der Waals surface area contributed by atoms with Crippen molar-refractivity contribution >= 4 is 11.6 Å². The summed E-state index contributed by atoms with van der Waals surface area (Å²) in [4.78, 5) is 15.5. The number of carbonyl (C=O) groups excluding carboxylic acids is 1. The molecule has 2 aromatic carbocycles. The molecule has 0 bridgehead atoms. The lowest BCUT2D eigenvalue weighted by Crippen LogP contribution is -2.53. The van der Waals surface area contributed by atoms with Gasteiger partial charge in [0.15, 0.2) is 5.88 Å². The minimum absolute atomic E-state index is 0.346. The van der Waals surface area contributed by atoms with E-state index in [9.17, 15) is 13.6 Å². The third-order valence-electron chi connectivity index (χ3n) is 4.46. The molecule has 1 aliphatic heterocycles. The number of carbonyl (C=O) groups is 1. The Bertz CT molecular complexity index is 804. The van der Waals surface area contributed by atoms with Crippen LogP contribution < -0.4 is 4.90 Å². The molecule has 3 rings (SSSR count). The van der Waals surface area contributed by atoms with E-state index in [4.69, 9.17) is 4.74 Å². The zero-order valence-electron chi connectivity index (χ0n) is 14.7. The molecule has 1 atom stereocenters. The summed E-state index contributed by atoms with van der Waals surface area (Å²) in [7, 11) is 1.47. The number of hydrogen-bond donors (Lipinski definition) is 0. The SMILES string of the molecule is COC1=CC(=O)N(c2c(F)cccc2F)C(C)N1CCc1ccccc1. The molecule has 0 radical (unpaired) electrons. The second kappa shape index (κ2) is 7.56. The van der Waals surface area contributed by atoms with Crippen LogP contribution in [-0.4, -0.2) is 30.6 Å². The summed E-state index contributed by atoms with van der Waals surface area (Å²) in [5.41, 5.74) is 0.775. The molecule has 0 N–H and O–H groups in total. The first-order valence-electron chi connectivity index (χ1n) is 8.36. The van der Waals surface area contributed by atoms with Crippen LogP contribution in [0.3, 0.4) is 0 Å². The standard InChI is InChI=1S/C20H20F2N2O2/c1-14-23(12-11-15-7-4-3-5-8-15)19(26-2)13-18(25)24(14)20-16(21)9-6-10-17(20)22/h3-10,13-14H,11-12H2,1-2H3. The van der Waals surface area contributed by atoms with Gasteiger partial charge < -0.3 is 9.64 Å². The molecule has 1 aliphatic rings. The molecule has 0 saturated heterocycles. The lowest BCUT2D eigenvalue weighted by Gasteiger charge is -2.42. The van der Waals surface area contributed by atoms with Gasteiger partial charge >= 0.3 is 0 Å². The van der Waals surface area contributed by atoms with E-state index < -0.39 is 23.7 Å². The van der Waals surface area contributed by atoms with Crippen LogP contribution in [-0.2, 0) is 16.0 Å². The van der Waals surface area contributed by atoms with Gasteiger partial charge in [-0.2, -0.15) is 0 Å². The lowest BCUT2D eigenvalue weighted by atomic mass is 10.1. The predicted molar refractivity (Wildman–Crippen MR) is 95.3 cm³/mol. The molecule has 0 spiro atoms. The van der Waals surface area contributed by atoms with E-state index in [1.54, 1.807) is 6.92 Å². The maximum Gasteiger partial charge on any atom is 0.258 e. The van der Waals surface area contributed by atoms with Crippen molar-refractivity contribution in [2.75, 3.05) is 18.6 Å². The third kappa shape index (κ3) is 3.40. The van der Waals surface area contributed by atoms with Crippen LogP contribution in [0.2, 0.25) is 0 Å². The number of ether oxygens (including phenoxy) is 1. The summed E-state index contributed by atoms with van der Waals surface area (Å²) < 4.78 is 33.8. The summed E-state index contributed by atoms with van der Waals surface area (Å²) >= 11 is 0. The Kier molecular flexibility index (Phi) is 5.21. The highest BCUT2D eigenvalue weighted by atomic mass is 19.1. The maximum absolute atomic E-state index is 14.2. The molecule has 6 heteroatoms. The van der Waals surface area contributed by atoms with Crippen molar-refractivity contribution in [3.05, 3.63) is 77.7 Å². The molecule has 2 aromatic rings. The first-order valence-corrected chi connectivity index (χ1v) is 8.36. The van der Waals surface area contributed by atoms with E-state index in [2.05, 4.69) is 0 Å². The number of benzene rings is 2. The van der Waals surface area contributed by atoms with Crippen molar-refractivity contribution in [3.63, 3.8) is 0 Å². The molecule has 1 unspecified atom stereocenters.